The van der Waals surface area contributed by atoms with Crippen LogP contribution in [0.5, 0.6) is 5.75 Å². The zero-order valence-electron chi connectivity index (χ0n) is 15.2. The van der Waals surface area contributed by atoms with Crippen molar-refractivity contribution in [1.29, 1.82) is 0 Å². The van der Waals surface area contributed by atoms with Crippen LogP contribution < -0.4 is 10.1 Å². The molecule has 8 heteroatoms. The van der Waals surface area contributed by atoms with Crippen molar-refractivity contribution >= 4 is 21.7 Å². The molecule has 0 aliphatic carbocycles. The van der Waals surface area contributed by atoms with Crippen LogP contribution in [0.4, 0.5) is 0 Å². The molecule has 26 heavy (non-hydrogen) atoms. The van der Waals surface area contributed by atoms with Gasteiger partial charge in [-0.25, -0.2) is 8.42 Å². The predicted octanol–water partition coefficient (Wildman–Crippen LogP) is 0.780. The Hall–Kier alpha value is -2.09. The summed E-state index contributed by atoms with van der Waals surface area (Å²) in [6.07, 6.45) is 1.31. The highest BCUT2D eigenvalue weighted by molar-refractivity contribution is 7.91. The normalized spacial score (nSPS) is 18.3. The first kappa shape index (κ1) is 20.2. The first-order valence-corrected chi connectivity index (χ1v) is 10.5. The van der Waals surface area contributed by atoms with Crippen molar-refractivity contribution in [3.63, 3.8) is 0 Å². The molecule has 1 atom stereocenters. The Morgan fingerprint density at radius 3 is 2.50 bits per heavy atom. The van der Waals surface area contributed by atoms with E-state index in [9.17, 15) is 18.0 Å². The highest BCUT2D eigenvalue weighted by Crippen LogP contribution is 2.18. The van der Waals surface area contributed by atoms with Gasteiger partial charge in [0.15, 0.2) is 9.84 Å². The number of sulfone groups is 1. The van der Waals surface area contributed by atoms with E-state index < -0.39 is 9.84 Å². The lowest BCUT2D eigenvalue weighted by Crippen LogP contribution is -2.42. The van der Waals surface area contributed by atoms with Crippen molar-refractivity contribution in [1.82, 2.24) is 10.2 Å². The Kier molecular flexibility index (Phi) is 7.02. The van der Waals surface area contributed by atoms with Crippen LogP contribution in [-0.2, 0) is 25.8 Å². The molecular weight excluding hydrogens is 356 g/mol. The quantitative estimate of drug-likeness (QED) is 0.717. The second kappa shape index (κ2) is 9.02. The van der Waals surface area contributed by atoms with E-state index in [4.69, 9.17) is 4.74 Å². The van der Waals surface area contributed by atoms with E-state index in [0.717, 1.165) is 11.3 Å². The SMILES string of the molecule is COc1ccc(CCNC(=O)CCN(C(C)=O)C2CCS(=O)(=O)C2)cc1. The molecule has 1 aromatic carbocycles. The molecule has 0 spiro atoms. The van der Waals surface area contributed by atoms with Crippen molar-refractivity contribution in [2.24, 2.45) is 0 Å². The average molecular weight is 382 g/mol. The van der Waals surface area contributed by atoms with Crippen LogP contribution in [0, 0.1) is 0 Å². The Labute approximate surface area is 154 Å². The van der Waals surface area contributed by atoms with Crippen LogP contribution in [-0.4, -0.2) is 62.9 Å². The number of rotatable bonds is 8. The van der Waals surface area contributed by atoms with Gasteiger partial charge in [-0.1, -0.05) is 12.1 Å². The summed E-state index contributed by atoms with van der Waals surface area (Å²) in [6, 6.07) is 7.32. The van der Waals surface area contributed by atoms with Gasteiger partial charge in [0.05, 0.1) is 18.6 Å². The third-order valence-corrected chi connectivity index (χ3v) is 6.28. The molecule has 2 amide bonds. The number of benzene rings is 1. The lowest BCUT2D eigenvalue weighted by atomic mass is 10.1. The van der Waals surface area contributed by atoms with Gasteiger partial charge < -0.3 is 15.0 Å². The molecule has 1 N–H and O–H groups in total. The maximum absolute atomic E-state index is 12.0. The molecule has 1 fully saturated rings. The smallest absolute Gasteiger partial charge is 0.221 e. The van der Waals surface area contributed by atoms with Gasteiger partial charge in [-0.3, -0.25) is 9.59 Å². The Bertz CT molecular complexity index is 730. The lowest BCUT2D eigenvalue weighted by Gasteiger charge is -2.26. The summed E-state index contributed by atoms with van der Waals surface area (Å²) < 4.78 is 28.3. The van der Waals surface area contributed by atoms with Crippen molar-refractivity contribution in [3.05, 3.63) is 29.8 Å². The highest BCUT2D eigenvalue weighted by Gasteiger charge is 2.33. The fraction of sp³-hybridized carbons (Fsp3) is 0.556. The number of carbonyl (C=O) groups is 2. The minimum atomic E-state index is -3.07. The molecule has 0 bridgehead atoms. The second-order valence-electron chi connectivity index (χ2n) is 6.47. The van der Waals surface area contributed by atoms with Gasteiger partial charge in [0.2, 0.25) is 11.8 Å². The second-order valence-corrected chi connectivity index (χ2v) is 8.70. The molecule has 1 heterocycles. The van der Waals surface area contributed by atoms with E-state index in [1.54, 1.807) is 7.11 Å². The number of nitrogens with zero attached hydrogens (tertiary/aromatic N) is 1. The molecule has 0 saturated carbocycles. The Balaban J connectivity index is 1.74. The summed E-state index contributed by atoms with van der Waals surface area (Å²) in [5.74, 6) is 0.543. The number of hydrogen-bond donors (Lipinski definition) is 1. The van der Waals surface area contributed by atoms with Gasteiger partial charge in [0, 0.05) is 32.5 Å². The molecule has 0 radical (unpaired) electrons. The van der Waals surface area contributed by atoms with E-state index >= 15 is 0 Å². The summed E-state index contributed by atoms with van der Waals surface area (Å²) in [4.78, 5) is 25.3. The maximum Gasteiger partial charge on any atom is 0.221 e. The van der Waals surface area contributed by atoms with Crippen LogP contribution in [0.25, 0.3) is 0 Å². The number of ether oxygens (including phenoxy) is 1. The van der Waals surface area contributed by atoms with E-state index in [0.29, 0.717) is 19.4 Å². The standard InChI is InChI=1S/C18H26N2O5S/c1-14(21)20(16-9-12-26(23,24)13-16)11-8-18(22)19-10-7-15-3-5-17(25-2)6-4-15/h3-6,16H,7-13H2,1-2H3,(H,19,22). The largest absolute Gasteiger partial charge is 0.497 e. The van der Waals surface area contributed by atoms with Gasteiger partial charge in [-0.15, -0.1) is 0 Å². The third kappa shape index (κ3) is 6.01. The summed E-state index contributed by atoms with van der Waals surface area (Å²) in [7, 11) is -1.45. The number of carbonyl (C=O) groups excluding carboxylic acids is 2. The Morgan fingerprint density at radius 1 is 1.27 bits per heavy atom. The molecular formula is C18H26N2O5S. The molecule has 1 saturated heterocycles. The van der Waals surface area contributed by atoms with Gasteiger partial charge >= 0.3 is 0 Å². The van der Waals surface area contributed by atoms with E-state index in [1.807, 2.05) is 24.3 Å². The summed E-state index contributed by atoms with van der Waals surface area (Å²) in [6.45, 7) is 2.15. The van der Waals surface area contributed by atoms with Crippen molar-refractivity contribution < 1.29 is 22.7 Å². The minimum absolute atomic E-state index is 0.00827. The zero-order valence-corrected chi connectivity index (χ0v) is 16.0. The third-order valence-electron chi connectivity index (χ3n) is 4.53. The molecule has 144 valence electrons. The molecule has 1 aromatic rings. The first-order chi connectivity index (χ1) is 12.3. The molecule has 1 aliphatic heterocycles. The minimum Gasteiger partial charge on any atom is -0.497 e. The summed E-state index contributed by atoms with van der Waals surface area (Å²) in [5, 5.41) is 2.83. The van der Waals surface area contributed by atoms with Crippen LogP contribution in [0.1, 0.15) is 25.3 Å². The van der Waals surface area contributed by atoms with E-state index in [-0.39, 0.29) is 42.3 Å². The van der Waals surface area contributed by atoms with Crippen LogP contribution in [0.3, 0.4) is 0 Å². The van der Waals surface area contributed by atoms with Crippen molar-refractivity contribution in [2.75, 3.05) is 31.7 Å². The summed E-state index contributed by atoms with van der Waals surface area (Å²) >= 11 is 0. The first-order valence-electron chi connectivity index (χ1n) is 8.68. The molecule has 1 aliphatic rings. The van der Waals surface area contributed by atoms with Gasteiger partial charge in [-0.2, -0.15) is 0 Å². The van der Waals surface area contributed by atoms with Crippen LogP contribution in [0.15, 0.2) is 24.3 Å². The van der Waals surface area contributed by atoms with E-state index in [1.165, 1.54) is 11.8 Å². The summed E-state index contributed by atoms with van der Waals surface area (Å²) in [5.41, 5.74) is 1.09. The van der Waals surface area contributed by atoms with Crippen LogP contribution >= 0.6 is 0 Å². The zero-order chi connectivity index (χ0) is 19.2. The molecule has 0 aromatic heterocycles. The van der Waals surface area contributed by atoms with Gasteiger partial charge in [0.1, 0.15) is 5.75 Å². The number of hydrogen-bond acceptors (Lipinski definition) is 5. The molecule has 2 rings (SSSR count). The number of nitrogens with one attached hydrogen (secondary N) is 1. The lowest BCUT2D eigenvalue weighted by molar-refractivity contribution is -0.131. The van der Waals surface area contributed by atoms with Crippen LogP contribution in [0.2, 0.25) is 0 Å². The molecule has 1 unspecified atom stereocenters. The van der Waals surface area contributed by atoms with Gasteiger partial charge in [-0.05, 0) is 30.5 Å². The van der Waals surface area contributed by atoms with Crippen molar-refractivity contribution in [2.45, 2.75) is 32.2 Å². The maximum atomic E-state index is 12.0. The van der Waals surface area contributed by atoms with Gasteiger partial charge in [0.25, 0.3) is 0 Å². The monoisotopic (exact) mass is 382 g/mol. The van der Waals surface area contributed by atoms with Crippen molar-refractivity contribution in [3.8, 4) is 5.75 Å². The van der Waals surface area contributed by atoms with E-state index in [2.05, 4.69) is 5.32 Å². The number of amides is 2. The molecule has 7 nitrogen and oxygen atoms in total. The fourth-order valence-corrected chi connectivity index (χ4v) is 4.80. The topological polar surface area (TPSA) is 92.8 Å². The highest BCUT2D eigenvalue weighted by atomic mass is 32.2. The number of methoxy groups -OCH3 is 1. The predicted molar refractivity (Wildman–Crippen MR) is 98.8 cm³/mol. The fourth-order valence-electron chi connectivity index (χ4n) is 3.07. The Morgan fingerprint density at radius 2 is 1.96 bits per heavy atom. The average Bonchev–Trinajstić information content (AvgIpc) is 2.95.